The maximum atomic E-state index is 12.0. The highest BCUT2D eigenvalue weighted by molar-refractivity contribution is 5.85. The molecule has 0 aromatic carbocycles. The smallest absolute Gasteiger partial charge is 0.408 e. The summed E-state index contributed by atoms with van der Waals surface area (Å²) in [6.07, 6.45) is 0.308. The van der Waals surface area contributed by atoms with Gasteiger partial charge in [-0.1, -0.05) is 6.92 Å². The zero-order valence-corrected chi connectivity index (χ0v) is 12.5. The third kappa shape index (κ3) is 5.89. The largest absolute Gasteiger partial charge is 0.444 e. The van der Waals surface area contributed by atoms with Crippen molar-refractivity contribution in [3.63, 3.8) is 0 Å². The van der Waals surface area contributed by atoms with Gasteiger partial charge in [-0.2, -0.15) is 0 Å². The van der Waals surface area contributed by atoms with E-state index in [1.807, 2.05) is 13.8 Å². The predicted octanol–water partition coefficient (Wildman–Crippen LogP) is 2.16. The SMILES string of the molecule is CC[C@@H](C)N(C)C(=O)[C@H](C)NC(=O)OC(C)(C)C. The van der Waals surface area contributed by atoms with Gasteiger partial charge in [0.2, 0.25) is 5.91 Å². The number of nitrogens with zero attached hydrogens (tertiary/aromatic N) is 1. The van der Waals surface area contributed by atoms with Crippen LogP contribution in [0.3, 0.4) is 0 Å². The highest BCUT2D eigenvalue weighted by Crippen LogP contribution is 2.08. The van der Waals surface area contributed by atoms with E-state index in [9.17, 15) is 9.59 Å². The molecule has 1 N–H and O–H groups in total. The van der Waals surface area contributed by atoms with E-state index in [0.29, 0.717) is 0 Å². The van der Waals surface area contributed by atoms with Crippen molar-refractivity contribution in [2.75, 3.05) is 7.05 Å². The molecular weight excluding hydrogens is 232 g/mol. The second-order valence-corrected chi connectivity index (χ2v) is 5.57. The standard InChI is InChI=1S/C13H26N2O3/c1-8-9(2)15(7)11(16)10(3)14-12(17)18-13(4,5)6/h9-10H,8H2,1-7H3,(H,14,17)/t9-,10+/m1/s1. The summed E-state index contributed by atoms with van der Waals surface area (Å²) in [6.45, 7) is 11.0. The predicted molar refractivity (Wildman–Crippen MR) is 71.4 cm³/mol. The van der Waals surface area contributed by atoms with Crippen LogP contribution in [0.1, 0.15) is 48.0 Å². The van der Waals surface area contributed by atoms with Gasteiger partial charge >= 0.3 is 6.09 Å². The first-order valence-electron chi connectivity index (χ1n) is 6.34. The summed E-state index contributed by atoms with van der Waals surface area (Å²) in [5.74, 6) is -0.116. The van der Waals surface area contributed by atoms with Gasteiger partial charge in [0.15, 0.2) is 0 Å². The number of carbonyl (C=O) groups is 2. The summed E-state index contributed by atoms with van der Waals surface area (Å²) in [5, 5.41) is 2.54. The van der Waals surface area contributed by atoms with E-state index in [-0.39, 0.29) is 11.9 Å². The lowest BCUT2D eigenvalue weighted by Crippen LogP contribution is -2.49. The lowest BCUT2D eigenvalue weighted by atomic mass is 10.2. The van der Waals surface area contributed by atoms with Gasteiger partial charge in [-0.3, -0.25) is 4.79 Å². The number of likely N-dealkylation sites (N-methyl/N-ethyl adjacent to an activating group) is 1. The lowest BCUT2D eigenvalue weighted by molar-refractivity contribution is -0.133. The first-order chi connectivity index (χ1) is 8.08. The fourth-order valence-electron chi connectivity index (χ4n) is 1.34. The minimum Gasteiger partial charge on any atom is -0.444 e. The topological polar surface area (TPSA) is 58.6 Å². The Morgan fingerprint density at radius 1 is 1.28 bits per heavy atom. The molecular formula is C13H26N2O3. The molecule has 0 aliphatic carbocycles. The maximum Gasteiger partial charge on any atom is 0.408 e. The Kier molecular flexibility index (Phi) is 6.15. The van der Waals surface area contributed by atoms with Crippen LogP contribution in [0.2, 0.25) is 0 Å². The van der Waals surface area contributed by atoms with Crippen LogP contribution in [0.4, 0.5) is 4.79 Å². The quantitative estimate of drug-likeness (QED) is 0.840. The zero-order chi connectivity index (χ0) is 14.5. The summed E-state index contributed by atoms with van der Waals surface area (Å²) in [4.78, 5) is 25.2. The normalized spacial score (nSPS) is 14.6. The Labute approximate surface area is 110 Å². The van der Waals surface area contributed by atoms with Crippen molar-refractivity contribution in [2.24, 2.45) is 0 Å². The summed E-state index contributed by atoms with van der Waals surface area (Å²) in [6, 6.07) is -0.431. The van der Waals surface area contributed by atoms with Crippen LogP contribution in [0.25, 0.3) is 0 Å². The van der Waals surface area contributed by atoms with E-state index in [2.05, 4.69) is 5.32 Å². The highest BCUT2D eigenvalue weighted by atomic mass is 16.6. The van der Waals surface area contributed by atoms with E-state index < -0.39 is 17.7 Å². The van der Waals surface area contributed by atoms with Crippen LogP contribution in [0.5, 0.6) is 0 Å². The number of hydrogen-bond donors (Lipinski definition) is 1. The molecule has 106 valence electrons. The lowest BCUT2D eigenvalue weighted by Gasteiger charge is -2.28. The molecule has 18 heavy (non-hydrogen) atoms. The fraction of sp³-hybridized carbons (Fsp3) is 0.846. The maximum absolute atomic E-state index is 12.0. The highest BCUT2D eigenvalue weighted by Gasteiger charge is 2.24. The van der Waals surface area contributed by atoms with Gasteiger partial charge in [-0.05, 0) is 41.0 Å². The molecule has 0 aromatic rings. The van der Waals surface area contributed by atoms with Crippen LogP contribution in [-0.4, -0.2) is 41.6 Å². The van der Waals surface area contributed by atoms with Crippen molar-refractivity contribution >= 4 is 12.0 Å². The molecule has 2 atom stereocenters. The van der Waals surface area contributed by atoms with E-state index in [1.54, 1.807) is 39.6 Å². The monoisotopic (exact) mass is 258 g/mol. The molecule has 5 nitrogen and oxygen atoms in total. The number of amides is 2. The van der Waals surface area contributed by atoms with Crippen molar-refractivity contribution in [3.8, 4) is 0 Å². The summed E-state index contributed by atoms with van der Waals surface area (Å²) < 4.78 is 5.10. The van der Waals surface area contributed by atoms with Crippen molar-refractivity contribution in [3.05, 3.63) is 0 Å². The number of ether oxygens (including phenoxy) is 1. The van der Waals surface area contributed by atoms with E-state index >= 15 is 0 Å². The Morgan fingerprint density at radius 2 is 1.78 bits per heavy atom. The van der Waals surface area contributed by atoms with Gasteiger partial charge in [0.1, 0.15) is 11.6 Å². The van der Waals surface area contributed by atoms with Gasteiger partial charge < -0.3 is 15.0 Å². The molecule has 0 spiro atoms. The van der Waals surface area contributed by atoms with E-state index in [1.165, 1.54) is 0 Å². The number of alkyl carbamates (subject to hydrolysis) is 1. The Morgan fingerprint density at radius 3 is 2.17 bits per heavy atom. The molecule has 0 aliphatic rings. The van der Waals surface area contributed by atoms with Crippen molar-refractivity contribution in [1.82, 2.24) is 10.2 Å². The Balaban J connectivity index is 4.36. The number of carbonyl (C=O) groups excluding carboxylic acids is 2. The minimum atomic E-state index is -0.584. The van der Waals surface area contributed by atoms with Gasteiger partial charge in [-0.15, -0.1) is 0 Å². The van der Waals surface area contributed by atoms with Crippen molar-refractivity contribution in [2.45, 2.75) is 65.6 Å². The molecule has 0 saturated carbocycles. The second-order valence-electron chi connectivity index (χ2n) is 5.57. The van der Waals surface area contributed by atoms with Gasteiger partial charge in [0.05, 0.1) is 0 Å². The van der Waals surface area contributed by atoms with E-state index in [4.69, 9.17) is 4.74 Å². The zero-order valence-electron chi connectivity index (χ0n) is 12.5. The van der Waals surface area contributed by atoms with Crippen LogP contribution in [0, 0.1) is 0 Å². The van der Waals surface area contributed by atoms with Crippen LogP contribution >= 0.6 is 0 Å². The average Bonchev–Trinajstić information content (AvgIpc) is 2.22. The van der Waals surface area contributed by atoms with E-state index in [0.717, 1.165) is 6.42 Å². The fourth-order valence-corrected chi connectivity index (χ4v) is 1.34. The van der Waals surface area contributed by atoms with Crippen molar-refractivity contribution < 1.29 is 14.3 Å². The molecule has 0 fully saturated rings. The third-order valence-corrected chi connectivity index (χ3v) is 2.70. The summed E-state index contributed by atoms with van der Waals surface area (Å²) in [5.41, 5.74) is -0.560. The molecule has 0 heterocycles. The van der Waals surface area contributed by atoms with Gasteiger partial charge in [0, 0.05) is 13.1 Å². The van der Waals surface area contributed by atoms with Gasteiger partial charge in [0.25, 0.3) is 0 Å². The molecule has 2 amide bonds. The second kappa shape index (κ2) is 6.61. The third-order valence-electron chi connectivity index (χ3n) is 2.70. The molecule has 0 aromatic heterocycles. The molecule has 0 radical (unpaired) electrons. The van der Waals surface area contributed by atoms with Crippen LogP contribution in [0.15, 0.2) is 0 Å². The van der Waals surface area contributed by atoms with Gasteiger partial charge in [-0.25, -0.2) is 4.79 Å². The molecule has 5 heteroatoms. The van der Waals surface area contributed by atoms with Crippen LogP contribution in [-0.2, 0) is 9.53 Å². The first-order valence-corrected chi connectivity index (χ1v) is 6.34. The molecule has 0 bridgehead atoms. The minimum absolute atomic E-state index is 0.116. The molecule has 0 rings (SSSR count). The number of hydrogen-bond acceptors (Lipinski definition) is 3. The molecule has 0 saturated heterocycles. The number of rotatable bonds is 4. The summed E-state index contributed by atoms with van der Waals surface area (Å²) in [7, 11) is 1.74. The Bertz CT molecular complexity index is 297. The molecule has 0 aliphatic heterocycles. The average molecular weight is 258 g/mol. The Hall–Kier alpha value is -1.26. The van der Waals surface area contributed by atoms with Crippen molar-refractivity contribution in [1.29, 1.82) is 0 Å². The molecule has 0 unspecified atom stereocenters. The summed E-state index contributed by atoms with van der Waals surface area (Å²) >= 11 is 0. The first kappa shape index (κ1) is 16.7. The number of nitrogens with one attached hydrogen (secondary N) is 1. The van der Waals surface area contributed by atoms with Crippen LogP contribution < -0.4 is 5.32 Å².